The molecule has 0 unspecified atom stereocenters. The van der Waals surface area contributed by atoms with Crippen LogP contribution >= 0.6 is 0 Å². The van der Waals surface area contributed by atoms with Gasteiger partial charge < -0.3 is 0 Å². The summed E-state index contributed by atoms with van der Waals surface area (Å²) in [6.07, 6.45) is 0. The molecule has 0 heterocycles. The van der Waals surface area contributed by atoms with Gasteiger partial charge in [-0.1, -0.05) is 534 Å². The van der Waals surface area contributed by atoms with Gasteiger partial charge in [0, 0.05) is 0 Å². The first-order valence-electron chi connectivity index (χ1n) is 48.7. The molecule has 0 heteroatoms. The second kappa shape index (κ2) is 40.0. The molecule has 0 saturated carbocycles. The molecule has 0 nitrogen and oxygen atoms in total. The fourth-order valence-corrected chi connectivity index (χ4v) is 18.0. The minimum Gasteiger partial charge on any atom is -0.0622 e. The number of hydrogen-bond donors (Lipinski definition) is 0. The van der Waals surface area contributed by atoms with Crippen molar-refractivity contribution < 1.29 is 0 Å². The minimum absolute atomic E-state index is 0.101. The van der Waals surface area contributed by atoms with E-state index in [4.69, 9.17) is 0 Å². The second-order valence-electron chi connectivity index (χ2n) is 46.0. The van der Waals surface area contributed by atoms with Gasteiger partial charge in [0.15, 0.2) is 0 Å². The zero-order valence-electron chi connectivity index (χ0n) is 86.5. The lowest BCUT2D eigenvalue weighted by Gasteiger charge is -2.27. The number of benzene rings is 17. The molecule has 17 aromatic carbocycles. The molecule has 0 N–H and O–H groups in total. The van der Waals surface area contributed by atoms with Crippen LogP contribution in [0.25, 0.3) is 132 Å². The molecule has 0 spiro atoms. The second-order valence-corrected chi connectivity index (χ2v) is 46.0. The van der Waals surface area contributed by atoms with Crippen LogP contribution in [0.15, 0.2) is 352 Å². The van der Waals surface area contributed by atoms with Crippen LogP contribution in [0.4, 0.5) is 0 Å². The highest BCUT2D eigenvalue weighted by molar-refractivity contribution is 6.25. The Kier molecular flexibility index (Phi) is 29.5. The fraction of sp³-hybridized carbons (Fsp3) is 0.284. The van der Waals surface area contributed by atoms with Crippen molar-refractivity contribution in [2.24, 2.45) is 0 Å². The van der Waals surface area contributed by atoms with Gasteiger partial charge in [-0.05, 0) is 279 Å². The van der Waals surface area contributed by atoms with E-state index in [-0.39, 0.29) is 43.3 Å². The molecule has 18 rings (SSSR count). The highest BCUT2D eigenvalue weighted by Gasteiger charge is 2.28. The molecule has 0 bridgehead atoms. The van der Waals surface area contributed by atoms with Gasteiger partial charge >= 0.3 is 0 Å². The Labute approximate surface area is 807 Å². The van der Waals surface area contributed by atoms with E-state index in [1.54, 1.807) is 0 Å². The van der Waals surface area contributed by atoms with Crippen molar-refractivity contribution >= 4 is 32.3 Å². The number of aryl methyl sites for hydroxylation is 5. The quantitative estimate of drug-likeness (QED) is 0.151. The molecule has 0 amide bonds. The molecule has 0 fully saturated rings. The third kappa shape index (κ3) is 24.0. The van der Waals surface area contributed by atoms with Crippen LogP contribution in [-0.2, 0) is 43.3 Å². The molecule has 0 aliphatic heterocycles. The van der Waals surface area contributed by atoms with Crippen molar-refractivity contribution in [1.29, 1.82) is 0 Å². The lowest BCUT2D eigenvalue weighted by Crippen LogP contribution is -2.17. The van der Waals surface area contributed by atoms with Crippen LogP contribution in [0.3, 0.4) is 0 Å². The first kappa shape index (κ1) is 99.0. The molecule has 0 radical (unpaired) electrons. The molecule has 17 aromatic rings. The molecular formula is C134H148. The van der Waals surface area contributed by atoms with Crippen LogP contribution in [0.5, 0.6) is 0 Å². The van der Waals surface area contributed by atoms with Crippen molar-refractivity contribution in [2.45, 2.75) is 251 Å². The normalized spacial score (nSPS) is 12.1. The summed E-state index contributed by atoms with van der Waals surface area (Å²) in [5.74, 6) is 0. The van der Waals surface area contributed by atoms with Crippen molar-refractivity contribution in [2.75, 3.05) is 0 Å². The molecule has 134 heavy (non-hydrogen) atoms. The van der Waals surface area contributed by atoms with Crippen LogP contribution in [0.2, 0.25) is 0 Å². The fourth-order valence-electron chi connectivity index (χ4n) is 18.0. The topological polar surface area (TPSA) is 0 Å². The van der Waals surface area contributed by atoms with E-state index in [2.05, 4.69) is 553 Å². The number of rotatable bonds is 5. The molecule has 0 saturated heterocycles. The van der Waals surface area contributed by atoms with Gasteiger partial charge in [-0.15, -0.1) is 0 Å². The zero-order chi connectivity index (χ0) is 97.0. The summed E-state index contributed by atoms with van der Waals surface area (Å²) in [5.41, 5.74) is 43.8. The molecule has 0 aromatic heterocycles. The Bertz CT molecular complexity index is 6670. The van der Waals surface area contributed by atoms with Gasteiger partial charge in [-0.3, -0.25) is 0 Å². The predicted octanol–water partition coefficient (Wildman–Crippen LogP) is 39.1. The summed E-state index contributed by atoms with van der Waals surface area (Å²) in [7, 11) is 0. The van der Waals surface area contributed by atoms with Gasteiger partial charge in [-0.2, -0.15) is 0 Å². The average molecular weight is 1760 g/mol. The summed E-state index contributed by atoms with van der Waals surface area (Å²) >= 11 is 0. The van der Waals surface area contributed by atoms with E-state index in [0.717, 1.165) is 0 Å². The molecule has 0 atom stereocenters. The SMILES string of the molecule is Cc1c(-c2cc(C(C)(C)C)cc(C(C)(C)C)c2)cccc1-c1cc(C(C)(C)C)cc(C(C)(C)C)c1.Cc1cc(-c2ccc(C(C)(C)C)cc2)cc(-c2ccc(C(C)(C)C)cc2)c1.Cc1cc(C(C)(C)C)cc(C(C)(C)C)c1.Cc1ccc(-c2ccccc2)cc1.Cc1ccc2c(c1)-c1ccccc1-c1ccccc1-c1ccccc1-2.Cc1ccc2c3ccccc3c3ccccc3c2c1. The number of hydrogen-bond acceptors (Lipinski definition) is 0. The summed E-state index contributed by atoms with van der Waals surface area (Å²) in [6.45, 7) is 68.0. The molecular weight excluding hydrogens is 1610 g/mol. The number of fused-ring (bicyclic) bond motifs is 14. The third-order valence-electron chi connectivity index (χ3n) is 26.5. The van der Waals surface area contributed by atoms with Crippen molar-refractivity contribution in [3.05, 3.63) is 430 Å². The van der Waals surface area contributed by atoms with E-state index in [1.165, 1.54) is 210 Å². The molecule has 684 valence electrons. The minimum atomic E-state index is 0.101. The Morgan fingerprint density at radius 3 is 0.716 bits per heavy atom. The maximum atomic E-state index is 2.41. The van der Waals surface area contributed by atoms with Gasteiger partial charge in [0.05, 0.1) is 0 Å². The Morgan fingerprint density at radius 1 is 0.119 bits per heavy atom. The maximum Gasteiger partial charge on any atom is -0.00963 e. The lowest BCUT2D eigenvalue weighted by atomic mass is 9.77. The van der Waals surface area contributed by atoms with Gasteiger partial charge in [-0.25, -0.2) is 0 Å². The summed E-state index contributed by atoms with van der Waals surface area (Å²) in [6, 6.07) is 129. The Hall–Kier alpha value is -12.5. The van der Waals surface area contributed by atoms with Crippen LogP contribution in [0, 0.1) is 41.5 Å². The lowest BCUT2D eigenvalue weighted by molar-refractivity contribution is 0.567. The van der Waals surface area contributed by atoms with Crippen molar-refractivity contribution in [3.63, 3.8) is 0 Å². The van der Waals surface area contributed by atoms with Crippen LogP contribution < -0.4 is 0 Å². The third-order valence-corrected chi connectivity index (χ3v) is 26.5. The smallest absolute Gasteiger partial charge is 0.00963 e. The largest absolute Gasteiger partial charge is 0.0622 e. The van der Waals surface area contributed by atoms with E-state index in [9.17, 15) is 0 Å². The van der Waals surface area contributed by atoms with E-state index < -0.39 is 0 Å². The molecule has 1 aliphatic carbocycles. The van der Waals surface area contributed by atoms with Crippen LogP contribution in [0.1, 0.15) is 244 Å². The van der Waals surface area contributed by atoms with E-state index >= 15 is 0 Å². The predicted molar refractivity (Wildman–Crippen MR) is 592 cm³/mol. The highest BCUT2D eigenvalue weighted by atomic mass is 14.3. The van der Waals surface area contributed by atoms with Gasteiger partial charge in [0.1, 0.15) is 0 Å². The highest BCUT2D eigenvalue weighted by Crippen LogP contribution is 2.49. The first-order valence-corrected chi connectivity index (χ1v) is 48.7. The maximum absolute atomic E-state index is 2.41. The monoisotopic (exact) mass is 1760 g/mol. The Morgan fingerprint density at radius 2 is 0.366 bits per heavy atom. The average Bonchev–Trinajstić information content (AvgIpc) is 0.748. The molecule has 1 aliphatic rings. The first-order chi connectivity index (χ1) is 63.0. The van der Waals surface area contributed by atoms with Crippen LogP contribution in [-0.4, -0.2) is 0 Å². The van der Waals surface area contributed by atoms with Gasteiger partial charge in [0.2, 0.25) is 0 Å². The summed E-state index contributed by atoms with van der Waals surface area (Å²) in [5, 5.41) is 8.08. The Balaban J connectivity index is 0.000000140. The standard InChI is InChI=1S/C35H48.C27H32.C25H18.C19H14.C15H24.C13H12/c1-23-30(24-17-26(32(2,3)4)21-27(18-24)33(5,6)7)15-14-16-31(23)25-19-28(34(8,9)10)22-29(20-25)35(11,12)13;1-19-16-22(20-8-12-24(13-9-20)26(2,3)4)18-23(17-19)21-10-14-25(15-11-21)27(5,6)7;1-17-14-15-24-22-12-5-4-10-20(22)18-8-2-3-9-19(18)21-11-6-7-13-23(21)25(24)16-17;1-13-10-11-18-16-8-3-2-6-14(16)15-7-4-5-9-17(15)19(18)12-13;1-11-8-12(14(2,3)4)10-13(9-11)15(5,6)7;1-11-7-9-13(10-8-11)12-5-3-2-4-6-12/h14-22H,1-13H3;8-18H,1-7H3;2-16H,1H3;2-12H,1H3;8-10H,1-7H3;2-10H,1H3. The van der Waals surface area contributed by atoms with E-state index in [0.29, 0.717) is 0 Å². The van der Waals surface area contributed by atoms with Gasteiger partial charge in [0.25, 0.3) is 0 Å². The van der Waals surface area contributed by atoms with E-state index in [1.807, 2.05) is 6.07 Å². The summed E-state index contributed by atoms with van der Waals surface area (Å²) in [4.78, 5) is 0. The zero-order valence-corrected chi connectivity index (χ0v) is 86.5. The summed E-state index contributed by atoms with van der Waals surface area (Å²) < 4.78 is 0. The van der Waals surface area contributed by atoms with Crippen molar-refractivity contribution in [3.8, 4) is 100 Å². The van der Waals surface area contributed by atoms with Crippen molar-refractivity contribution in [1.82, 2.24) is 0 Å².